The third kappa shape index (κ3) is 3.60. The number of nitrogens with one attached hydrogen (secondary N) is 1. The first-order valence-electron chi connectivity index (χ1n) is 5.07. The fourth-order valence-electron chi connectivity index (χ4n) is 1.14. The summed E-state index contributed by atoms with van der Waals surface area (Å²) >= 11 is 1.60. The lowest BCUT2D eigenvalue weighted by Crippen LogP contribution is -2.41. The van der Waals surface area contributed by atoms with Crippen LogP contribution in [0.2, 0.25) is 0 Å². The minimum atomic E-state index is -0.395. The van der Waals surface area contributed by atoms with Crippen LogP contribution < -0.4 is 11.1 Å². The van der Waals surface area contributed by atoms with Crippen LogP contribution in [0.4, 0.5) is 0 Å². The molecule has 0 aliphatic rings. The minimum Gasteiger partial charge on any atom is -0.354 e. The number of carbonyl (C=O) groups excluding carboxylic acids is 1. The number of thiazole rings is 1. The maximum absolute atomic E-state index is 11.4. The number of hydrogen-bond acceptors (Lipinski definition) is 4. The van der Waals surface area contributed by atoms with E-state index in [1.54, 1.807) is 17.5 Å². The van der Waals surface area contributed by atoms with Gasteiger partial charge in [-0.1, -0.05) is 13.8 Å². The predicted octanol–water partition coefficient (Wildman–Crippen LogP) is 1.10. The largest absolute Gasteiger partial charge is 0.354 e. The topological polar surface area (TPSA) is 68.0 Å². The van der Waals surface area contributed by atoms with Crippen molar-refractivity contribution in [2.24, 2.45) is 5.73 Å². The van der Waals surface area contributed by atoms with Gasteiger partial charge < -0.3 is 11.1 Å². The van der Waals surface area contributed by atoms with Gasteiger partial charge in [0.15, 0.2) is 0 Å². The summed E-state index contributed by atoms with van der Waals surface area (Å²) in [5.74, 6) is 0.166. The standard InChI is InChI=1S/C10H17N3OS/c1-3-8(11)9(14)13-6-7(2)10-12-4-5-15-10/h4-5,7-8H,3,6,11H2,1-2H3,(H,13,14)/t7?,8-/m1/s1. The van der Waals surface area contributed by atoms with Crippen molar-refractivity contribution in [1.29, 1.82) is 0 Å². The monoisotopic (exact) mass is 227 g/mol. The number of rotatable bonds is 5. The van der Waals surface area contributed by atoms with Crippen LogP contribution in [0.5, 0.6) is 0 Å². The molecule has 4 nitrogen and oxygen atoms in total. The first-order chi connectivity index (χ1) is 7.15. The van der Waals surface area contributed by atoms with Gasteiger partial charge in [-0.3, -0.25) is 4.79 Å². The van der Waals surface area contributed by atoms with Crippen molar-refractivity contribution < 1.29 is 4.79 Å². The summed E-state index contributed by atoms with van der Waals surface area (Å²) in [4.78, 5) is 15.6. The third-order valence-corrected chi connectivity index (χ3v) is 3.24. The summed E-state index contributed by atoms with van der Waals surface area (Å²) in [6.45, 7) is 4.53. The van der Waals surface area contributed by atoms with Crippen LogP contribution in [0.15, 0.2) is 11.6 Å². The van der Waals surface area contributed by atoms with E-state index < -0.39 is 6.04 Å². The number of aromatic nitrogens is 1. The van der Waals surface area contributed by atoms with Gasteiger partial charge >= 0.3 is 0 Å². The molecular weight excluding hydrogens is 210 g/mol. The maximum atomic E-state index is 11.4. The molecular formula is C10H17N3OS. The predicted molar refractivity (Wildman–Crippen MR) is 61.8 cm³/mol. The average Bonchev–Trinajstić information content (AvgIpc) is 2.77. The zero-order valence-electron chi connectivity index (χ0n) is 9.06. The molecule has 0 spiro atoms. The Morgan fingerprint density at radius 3 is 3.00 bits per heavy atom. The lowest BCUT2D eigenvalue weighted by molar-refractivity contribution is -0.122. The lowest BCUT2D eigenvalue weighted by Gasteiger charge is -2.13. The summed E-state index contributed by atoms with van der Waals surface area (Å²) < 4.78 is 0. The van der Waals surface area contributed by atoms with E-state index in [1.807, 2.05) is 19.2 Å². The Kier molecular flexibility index (Phi) is 4.71. The van der Waals surface area contributed by atoms with E-state index in [1.165, 1.54) is 0 Å². The molecule has 1 aromatic heterocycles. The van der Waals surface area contributed by atoms with E-state index in [0.29, 0.717) is 13.0 Å². The highest BCUT2D eigenvalue weighted by Crippen LogP contribution is 2.16. The average molecular weight is 227 g/mol. The zero-order chi connectivity index (χ0) is 11.3. The van der Waals surface area contributed by atoms with Crippen LogP contribution in [0.25, 0.3) is 0 Å². The molecule has 0 saturated heterocycles. The van der Waals surface area contributed by atoms with Gasteiger partial charge in [-0.2, -0.15) is 0 Å². The molecule has 1 rings (SSSR count). The molecule has 0 aromatic carbocycles. The molecule has 3 N–H and O–H groups in total. The van der Waals surface area contributed by atoms with Gasteiger partial charge in [0.2, 0.25) is 5.91 Å². The number of amides is 1. The van der Waals surface area contributed by atoms with Gasteiger partial charge in [-0.25, -0.2) is 4.98 Å². The van der Waals surface area contributed by atoms with Crippen molar-refractivity contribution in [3.05, 3.63) is 16.6 Å². The van der Waals surface area contributed by atoms with Crippen molar-refractivity contribution in [3.8, 4) is 0 Å². The van der Waals surface area contributed by atoms with Crippen LogP contribution >= 0.6 is 11.3 Å². The normalized spacial score (nSPS) is 14.6. The Morgan fingerprint density at radius 2 is 2.47 bits per heavy atom. The van der Waals surface area contributed by atoms with E-state index in [2.05, 4.69) is 10.3 Å². The maximum Gasteiger partial charge on any atom is 0.236 e. The Hall–Kier alpha value is -0.940. The molecule has 1 unspecified atom stereocenters. The molecule has 5 heteroatoms. The first-order valence-corrected chi connectivity index (χ1v) is 5.95. The number of nitrogens with zero attached hydrogens (tertiary/aromatic N) is 1. The van der Waals surface area contributed by atoms with Gasteiger partial charge in [0.25, 0.3) is 0 Å². The van der Waals surface area contributed by atoms with Crippen molar-refractivity contribution in [2.45, 2.75) is 32.2 Å². The molecule has 1 amide bonds. The van der Waals surface area contributed by atoms with Crippen LogP contribution in [0, 0.1) is 0 Å². The van der Waals surface area contributed by atoms with Crippen LogP contribution in [0.1, 0.15) is 31.2 Å². The fourth-order valence-corrected chi connectivity index (χ4v) is 1.83. The molecule has 84 valence electrons. The highest BCUT2D eigenvalue weighted by Gasteiger charge is 2.13. The fraction of sp³-hybridized carbons (Fsp3) is 0.600. The van der Waals surface area contributed by atoms with E-state index in [0.717, 1.165) is 5.01 Å². The second-order valence-electron chi connectivity index (χ2n) is 3.53. The van der Waals surface area contributed by atoms with Gasteiger partial charge in [-0.15, -0.1) is 11.3 Å². The SMILES string of the molecule is CC[C@@H](N)C(=O)NCC(C)c1nccs1. The highest BCUT2D eigenvalue weighted by atomic mass is 32.1. The molecule has 2 atom stereocenters. The summed E-state index contributed by atoms with van der Waals surface area (Å²) in [5.41, 5.74) is 5.60. The van der Waals surface area contributed by atoms with E-state index in [9.17, 15) is 4.79 Å². The van der Waals surface area contributed by atoms with Crippen LogP contribution in [0.3, 0.4) is 0 Å². The smallest absolute Gasteiger partial charge is 0.236 e. The minimum absolute atomic E-state index is 0.0825. The molecule has 0 fully saturated rings. The zero-order valence-corrected chi connectivity index (χ0v) is 9.88. The molecule has 0 aliphatic carbocycles. The van der Waals surface area contributed by atoms with Crippen molar-refractivity contribution in [1.82, 2.24) is 10.3 Å². The number of hydrogen-bond donors (Lipinski definition) is 2. The number of nitrogens with two attached hydrogens (primary N) is 1. The molecule has 15 heavy (non-hydrogen) atoms. The van der Waals surface area contributed by atoms with Gasteiger partial charge in [0.1, 0.15) is 0 Å². The summed E-state index contributed by atoms with van der Waals surface area (Å²) in [6.07, 6.45) is 2.44. The molecule has 1 aromatic rings. The quantitative estimate of drug-likeness (QED) is 0.791. The van der Waals surface area contributed by atoms with E-state index in [4.69, 9.17) is 5.73 Å². The van der Waals surface area contributed by atoms with Crippen LogP contribution in [-0.2, 0) is 4.79 Å². The van der Waals surface area contributed by atoms with Gasteiger partial charge in [0, 0.05) is 24.0 Å². The Balaban J connectivity index is 2.34. The Morgan fingerprint density at radius 1 is 1.73 bits per heavy atom. The molecule has 0 bridgehead atoms. The summed E-state index contributed by atoms with van der Waals surface area (Å²) in [5, 5.41) is 5.80. The van der Waals surface area contributed by atoms with E-state index >= 15 is 0 Å². The third-order valence-electron chi connectivity index (χ3n) is 2.23. The summed E-state index contributed by atoms with van der Waals surface area (Å²) in [6, 6.07) is -0.395. The highest BCUT2D eigenvalue weighted by molar-refractivity contribution is 7.09. The second kappa shape index (κ2) is 5.82. The molecule has 1 heterocycles. The van der Waals surface area contributed by atoms with Crippen molar-refractivity contribution in [3.63, 3.8) is 0 Å². The van der Waals surface area contributed by atoms with Gasteiger partial charge in [-0.05, 0) is 6.42 Å². The van der Waals surface area contributed by atoms with E-state index in [-0.39, 0.29) is 11.8 Å². The summed E-state index contributed by atoms with van der Waals surface area (Å²) in [7, 11) is 0. The molecule has 0 aliphatic heterocycles. The first kappa shape index (κ1) is 12.1. The van der Waals surface area contributed by atoms with Crippen LogP contribution in [-0.4, -0.2) is 23.5 Å². The number of carbonyl (C=O) groups is 1. The Bertz CT molecular complexity index is 300. The molecule has 0 radical (unpaired) electrons. The Labute approximate surface area is 93.9 Å². The lowest BCUT2D eigenvalue weighted by atomic mass is 10.2. The molecule has 0 saturated carbocycles. The second-order valence-corrected chi connectivity index (χ2v) is 4.46. The van der Waals surface area contributed by atoms with Crippen molar-refractivity contribution >= 4 is 17.2 Å². The van der Waals surface area contributed by atoms with Crippen molar-refractivity contribution in [2.75, 3.05) is 6.54 Å². The van der Waals surface area contributed by atoms with Gasteiger partial charge in [0.05, 0.1) is 11.0 Å².